The van der Waals surface area contributed by atoms with Gasteiger partial charge in [0.25, 0.3) is 5.91 Å². The Labute approximate surface area is 176 Å². The number of sulfonamides is 1. The molecule has 0 saturated heterocycles. The molecule has 2 N–H and O–H groups in total. The Morgan fingerprint density at radius 2 is 1.90 bits per heavy atom. The lowest BCUT2D eigenvalue weighted by atomic mass is 9.87. The van der Waals surface area contributed by atoms with Crippen LogP contribution in [0.15, 0.2) is 47.4 Å². The quantitative estimate of drug-likeness (QED) is 0.679. The van der Waals surface area contributed by atoms with Crippen molar-refractivity contribution in [3.63, 3.8) is 0 Å². The van der Waals surface area contributed by atoms with E-state index in [1.165, 1.54) is 6.07 Å². The fraction of sp³-hybridized carbons (Fsp3) is 0.409. The van der Waals surface area contributed by atoms with Crippen LogP contribution in [0.3, 0.4) is 0 Å². The molecule has 30 heavy (non-hydrogen) atoms. The van der Waals surface area contributed by atoms with E-state index in [-0.39, 0.29) is 22.4 Å². The summed E-state index contributed by atoms with van der Waals surface area (Å²) in [6.07, 6.45) is 3.78. The monoisotopic (exact) mass is 434 g/mol. The zero-order chi connectivity index (χ0) is 21.7. The number of anilines is 1. The van der Waals surface area contributed by atoms with Gasteiger partial charge in [0.15, 0.2) is 0 Å². The Bertz CT molecular complexity index is 1010. The Hall–Kier alpha value is -2.45. The number of benzene rings is 2. The van der Waals surface area contributed by atoms with E-state index in [1.54, 1.807) is 24.3 Å². The van der Waals surface area contributed by atoms with Crippen molar-refractivity contribution in [3.05, 3.63) is 53.8 Å². The van der Waals surface area contributed by atoms with E-state index < -0.39 is 21.7 Å². The van der Waals surface area contributed by atoms with Gasteiger partial charge in [-0.2, -0.15) is 0 Å². The average Bonchev–Trinajstić information content (AvgIpc) is 2.71. The number of halogens is 1. The maximum absolute atomic E-state index is 14.4. The Kier molecular flexibility index (Phi) is 7.10. The summed E-state index contributed by atoms with van der Waals surface area (Å²) in [6.45, 7) is 4.23. The summed E-state index contributed by atoms with van der Waals surface area (Å²) in [5.41, 5.74) is 0.0343. The van der Waals surface area contributed by atoms with E-state index in [1.807, 2.05) is 13.8 Å². The van der Waals surface area contributed by atoms with Crippen LogP contribution < -0.4 is 14.8 Å². The molecule has 0 spiro atoms. The van der Waals surface area contributed by atoms with Gasteiger partial charge < -0.3 is 10.1 Å². The molecule has 3 rings (SSSR count). The number of nitrogens with one attached hydrogen (secondary N) is 2. The number of carbonyl (C=O) groups excluding carboxylic acids is 1. The third kappa shape index (κ3) is 5.17. The molecule has 2 aromatic rings. The average molecular weight is 435 g/mol. The maximum atomic E-state index is 14.4. The molecule has 6 nitrogen and oxygen atoms in total. The molecular formula is C22H27FN2O4S. The maximum Gasteiger partial charge on any atom is 0.258 e. The van der Waals surface area contributed by atoms with Crippen molar-refractivity contribution in [1.82, 2.24) is 4.72 Å². The molecule has 0 radical (unpaired) electrons. The standard InChI is InChI=1S/C22H27FN2O4S/c1-3-29-21-11-7-6-10-20(21)24-22(26)17-14-16(12-13-18(17)23)30(27,28)25-19-9-5-4-8-15(19)2/h6-7,10-15,19,25H,3-5,8-9H2,1-2H3,(H,24,26)/t15-,19-/m0/s1. The highest BCUT2D eigenvalue weighted by Gasteiger charge is 2.28. The summed E-state index contributed by atoms with van der Waals surface area (Å²) in [4.78, 5) is 12.6. The van der Waals surface area contributed by atoms with Crippen molar-refractivity contribution in [2.75, 3.05) is 11.9 Å². The largest absolute Gasteiger partial charge is 0.492 e. The van der Waals surface area contributed by atoms with Crippen LogP contribution in [-0.4, -0.2) is 27.0 Å². The second-order valence-corrected chi connectivity index (χ2v) is 9.23. The molecule has 1 saturated carbocycles. The number of amides is 1. The van der Waals surface area contributed by atoms with Crippen LogP contribution >= 0.6 is 0 Å². The molecule has 1 amide bonds. The van der Waals surface area contributed by atoms with Gasteiger partial charge >= 0.3 is 0 Å². The van der Waals surface area contributed by atoms with Crippen LogP contribution in [0.5, 0.6) is 5.75 Å². The number of rotatable bonds is 7. The molecule has 0 unspecified atom stereocenters. The summed E-state index contributed by atoms with van der Waals surface area (Å²) in [7, 11) is -3.88. The van der Waals surface area contributed by atoms with E-state index in [0.717, 1.165) is 37.8 Å². The topological polar surface area (TPSA) is 84.5 Å². The predicted octanol–water partition coefficient (Wildman–Crippen LogP) is 4.33. The first kappa shape index (κ1) is 22.2. The molecule has 2 aromatic carbocycles. The Morgan fingerprint density at radius 1 is 1.17 bits per heavy atom. The van der Waals surface area contributed by atoms with Crippen molar-refractivity contribution < 1.29 is 22.3 Å². The summed E-state index contributed by atoms with van der Waals surface area (Å²) in [6, 6.07) is 9.88. The summed E-state index contributed by atoms with van der Waals surface area (Å²) in [5, 5.41) is 2.60. The molecule has 0 aromatic heterocycles. The number of para-hydroxylation sites is 2. The van der Waals surface area contributed by atoms with Crippen molar-refractivity contribution in [2.45, 2.75) is 50.5 Å². The smallest absolute Gasteiger partial charge is 0.258 e. The molecule has 1 aliphatic rings. The fourth-order valence-corrected chi connectivity index (χ4v) is 5.05. The minimum Gasteiger partial charge on any atom is -0.492 e. The molecule has 8 heteroatoms. The summed E-state index contributed by atoms with van der Waals surface area (Å²) in [5.74, 6) is -0.869. The van der Waals surface area contributed by atoms with Gasteiger partial charge in [-0.25, -0.2) is 17.5 Å². The molecule has 162 valence electrons. The lowest BCUT2D eigenvalue weighted by Gasteiger charge is -2.29. The fourth-order valence-electron chi connectivity index (χ4n) is 3.65. The van der Waals surface area contributed by atoms with Gasteiger partial charge in [0.2, 0.25) is 10.0 Å². The van der Waals surface area contributed by atoms with Crippen molar-refractivity contribution in [2.24, 2.45) is 5.92 Å². The van der Waals surface area contributed by atoms with Gasteiger partial charge in [0.1, 0.15) is 11.6 Å². The van der Waals surface area contributed by atoms with Crippen molar-refractivity contribution in [3.8, 4) is 5.75 Å². The minimum absolute atomic E-state index is 0.134. The number of carbonyl (C=O) groups is 1. The first-order valence-corrected chi connectivity index (χ1v) is 11.6. The first-order chi connectivity index (χ1) is 14.3. The van der Waals surface area contributed by atoms with Gasteiger partial charge in [-0.1, -0.05) is 31.9 Å². The third-order valence-electron chi connectivity index (χ3n) is 5.35. The molecule has 0 bridgehead atoms. The lowest BCUT2D eigenvalue weighted by Crippen LogP contribution is -2.41. The van der Waals surface area contributed by atoms with Gasteiger partial charge in [0, 0.05) is 6.04 Å². The van der Waals surface area contributed by atoms with Crippen LogP contribution in [0.2, 0.25) is 0 Å². The van der Waals surface area contributed by atoms with Gasteiger partial charge in [-0.3, -0.25) is 4.79 Å². The highest BCUT2D eigenvalue weighted by Crippen LogP contribution is 2.27. The number of ether oxygens (including phenoxy) is 1. The van der Waals surface area contributed by atoms with E-state index in [9.17, 15) is 17.6 Å². The van der Waals surface area contributed by atoms with Gasteiger partial charge in [-0.15, -0.1) is 0 Å². The van der Waals surface area contributed by atoms with Crippen LogP contribution in [-0.2, 0) is 10.0 Å². The molecule has 1 aliphatic carbocycles. The van der Waals surface area contributed by atoms with E-state index >= 15 is 0 Å². The zero-order valence-electron chi connectivity index (χ0n) is 17.2. The normalized spacial score (nSPS) is 19.3. The Balaban J connectivity index is 1.83. The third-order valence-corrected chi connectivity index (χ3v) is 6.83. The predicted molar refractivity (Wildman–Crippen MR) is 114 cm³/mol. The van der Waals surface area contributed by atoms with Crippen LogP contribution in [0, 0.1) is 11.7 Å². The molecule has 1 fully saturated rings. The number of hydrogen-bond donors (Lipinski definition) is 2. The highest BCUT2D eigenvalue weighted by molar-refractivity contribution is 7.89. The van der Waals surface area contributed by atoms with E-state index in [4.69, 9.17) is 4.74 Å². The van der Waals surface area contributed by atoms with Gasteiger partial charge in [0.05, 0.1) is 22.8 Å². The van der Waals surface area contributed by atoms with Crippen LogP contribution in [0.1, 0.15) is 49.9 Å². The second kappa shape index (κ2) is 9.57. The summed E-state index contributed by atoms with van der Waals surface area (Å²) >= 11 is 0. The van der Waals surface area contributed by atoms with Gasteiger partial charge in [-0.05, 0) is 56.0 Å². The summed E-state index contributed by atoms with van der Waals surface area (Å²) < 4.78 is 48.2. The van der Waals surface area contributed by atoms with E-state index in [0.29, 0.717) is 18.0 Å². The van der Waals surface area contributed by atoms with Crippen LogP contribution in [0.25, 0.3) is 0 Å². The van der Waals surface area contributed by atoms with Crippen molar-refractivity contribution >= 4 is 21.6 Å². The zero-order valence-corrected chi connectivity index (χ0v) is 18.0. The molecule has 0 heterocycles. The SMILES string of the molecule is CCOc1ccccc1NC(=O)c1cc(S(=O)(=O)N[C@H]2CCCC[C@@H]2C)ccc1F. The highest BCUT2D eigenvalue weighted by atomic mass is 32.2. The lowest BCUT2D eigenvalue weighted by molar-refractivity contribution is 0.102. The Morgan fingerprint density at radius 3 is 2.63 bits per heavy atom. The van der Waals surface area contributed by atoms with Crippen molar-refractivity contribution in [1.29, 1.82) is 0 Å². The van der Waals surface area contributed by atoms with Crippen LogP contribution in [0.4, 0.5) is 10.1 Å². The second-order valence-electron chi connectivity index (χ2n) is 7.51. The number of hydrogen-bond acceptors (Lipinski definition) is 4. The molecule has 2 atom stereocenters. The molecule has 0 aliphatic heterocycles. The first-order valence-electron chi connectivity index (χ1n) is 10.2. The van der Waals surface area contributed by atoms with E-state index in [2.05, 4.69) is 10.0 Å². The molecular weight excluding hydrogens is 407 g/mol. The minimum atomic E-state index is -3.88.